The Bertz CT molecular complexity index is 240. The molecule has 0 aromatic carbocycles. The van der Waals surface area contributed by atoms with Gasteiger partial charge in [0.2, 0.25) is 0 Å². The van der Waals surface area contributed by atoms with E-state index in [2.05, 4.69) is 57.2 Å². The normalized spacial score (nSPS) is 23.3. The van der Waals surface area contributed by atoms with Crippen molar-refractivity contribution < 1.29 is 4.74 Å². The van der Waals surface area contributed by atoms with Gasteiger partial charge in [-0.15, -0.1) is 0 Å². The van der Waals surface area contributed by atoms with Crippen molar-refractivity contribution in [3.05, 3.63) is 0 Å². The zero-order valence-electron chi connectivity index (χ0n) is 9.72. The first-order valence-corrected chi connectivity index (χ1v) is 6.57. The zero-order chi connectivity index (χ0) is 11.0. The number of nitrogens with zero attached hydrogens (tertiary/aromatic N) is 1. The largest absolute Gasteiger partial charge is 0.478 e. The van der Waals surface area contributed by atoms with Gasteiger partial charge in [-0.05, 0) is 5.41 Å². The summed E-state index contributed by atoms with van der Waals surface area (Å²) in [6.45, 7) is 11.8. The molecular weight excluding hydrogens is 289 g/mol. The molecule has 0 unspecified atom stereocenters. The minimum atomic E-state index is 0.0839. The van der Waals surface area contributed by atoms with E-state index in [4.69, 9.17) is 9.73 Å². The van der Waals surface area contributed by atoms with Crippen LogP contribution in [-0.4, -0.2) is 23.0 Å². The minimum Gasteiger partial charge on any atom is -0.478 e. The highest BCUT2D eigenvalue weighted by Gasteiger charge is 2.36. The molecule has 1 heterocycles. The van der Waals surface area contributed by atoms with E-state index in [1.807, 2.05) is 0 Å². The molecule has 0 saturated heterocycles. The molecule has 82 valence electrons. The van der Waals surface area contributed by atoms with Gasteiger partial charge in [-0.3, -0.25) is 0 Å². The van der Waals surface area contributed by atoms with Gasteiger partial charge in [0.15, 0.2) is 5.90 Å². The highest BCUT2D eigenvalue weighted by Crippen LogP contribution is 2.31. The molecule has 0 N–H and O–H groups in total. The van der Waals surface area contributed by atoms with Crippen LogP contribution in [0.3, 0.4) is 0 Å². The van der Waals surface area contributed by atoms with Crippen molar-refractivity contribution in [3.63, 3.8) is 0 Å². The third-order valence-electron chi connectivity index (χ3n) is 2.56. The third-order valence-corrected chi connectivity index (χ3v) is 4.47. The molecule has 1 aliphatic rings. The van der Waals surface area contributed by atoms with Crippen LogP contribution in [-0.2, 0) is 4.74 Å². The molecule has 14 heavy (non-hydrogen) atoms. The molecule has 0 amide bonds. The lowest BCUT2D eigenvalue weighted by atomic mass is 9.88. The molecule has 1 rings (SSSR count). The van der Waals surface area contributed by atoms with Crippen LogP contribution in [0.1, 0.15) is 34.6 Å². The first kappa shape index (κ1) is 12.3. The molecule has 0 fully saturated rings. The summed E-state index contributed by atoms with van der Waals surface area (Å²) in [6.07, 6.45) is 0. The Balaban J connectivity index is 2.78. The number of hydrogen-bond acceptors (Lipinski definition) is 2. The second kappa shape index (κ2) is 3.99. The topological polar surface area (TPSA) is 21.6 Å². The van der Waals surface area contributed by atoms with Crippen molar-refractivity contribution in [2.45, 2.75) is 40.7 Å². The van der Waals surface area contributed by atoms with E-state index in [0.717, 1.165) is 16.9 Å². The summed E-state index contributed by atoms with van der Waals surface area (Å²) >= 11 is 2.39. The smallest absolute Gasteiger partial charge is 0.190 e. The second-order valence-electron chi connectivity index (χ2n) is 5.64. The van der Waals surface area contributed by atoms with Gasteiger partial charge in [-0.1, -0.05) is 57.2 Å². The quantitative estimate of drug-likeness (QED) is 0.566. The third kappa shape index (κ3) is 2.61. The van der Waals surface area contributed by atoms with Crippen molar-refractivity contribution in [1.82, 2.24) is 0 Å². The van der Waals surface area contributed by atoms with Gasteiger partial charge in [-0.2, -0.15) is 0 Å². The van der Waals surface area contributed by atoms with Crippen molar-refractivity contribution in [2.75, 3.05) is 11.0 Å². The van der Waals surface area contributed by atoms with Crippen LogP contribution < -0.4 is 0 Å². The minimum absolute atomic E-state index is 0.0839. The molecule has 1 atom stereocenters. The Hall–Kier alpha value is 0.200. The van der Waals surface area contributed by atoms with Gasteiger partial charge >= 0.3 is 0 Å². The van der Waals surface area contributed by atoms with E-state index in [-0.39, 0.29) is 10.8 Å². The molecular formula is C11H20INO. The monoisotopic (exact) mass is 309 g/mol. The summed E-state index contributed by atoms with van der Waals surface area (Å²) in [5, 5.41) is 0. The van der Waals surface area contributed by atoms with E-state index >= 15 is 0 Å². The Kier molecular flexibility index (Phi) is 3.49. The Morgan fingerprint density at radius 1 is 1.36 bits per heavy atom. The maximum absolute atomic E-state index is 5.69. The summed E-state index contributed by atoms with van der Waals surface area (Å²) in [5.74, 6) is 0.937. The predicted molar refractivity (Wildman–Crippen MR) is 69.3 cm³/mol. The molecule has 0 spiro atoms. The highest BCUT2D eigenvalue weighted by molar-refractivity contribution is 14.1. The SMILES string of the molecule is CC(C)(CI)C1=N[C@@H](C(C)(C)C)CO1. The maximum Gasteiger partial charge on any atom is 0.190 e. The van der Waals surface area contributed by atoms with Crippen molar-refractivity contribution in [1.29, 1.82) is 0 Å². The van der Waals surface area contributed by atoms with Crippen molar-refractivity contribution in [2.24, 2.45) is 15.8 Å². The van der Waals surface area contributed by atoms with E-state index in [0.29, 0.717) is 6.04 Å². The average Bonchev–Trinajstić information content (AvgIpc) is 2.51. The van der Waals surface area contributed by atoms with Crippen LogP contribution in [0.5, 0.6) is 0 Å². The molecule has 0 aliphatic carbocycles. The van der Waals surface area contributed by atoms with Gasteiger partial charge in [0.25, 0.3) is 0 Å². The van der Waals surface area contributed by atoms with Crippen LogP contribution in [0.4, 0.5) is 0 Å². The summed E-state index contributed by atoms with van der Waals surface area (Å²) in [6, 6.07) is 0.319. The fraction of sp³-hybridized carbons (Fsp3) is 0.909. The number of rotatable bonds is 2. The number of hydrogen-bond donors (Lipinski definition) is 0. The van der Waals surface area contributed by atoms with Gasteiger partial charge in [0.1, 0.15) is 6.61 Å². The summed E-state index contributed by atoms with van der Waals surface area (Å²) in [4.78, 5) is 4.69. The second-order valence-corrected chi connectivity index (χ2v) is 6.41. The average molecular weight is 309 g/mol. The van der Waals surface area contributed by atoms with Crippen molar-refractivity contribution in [3.8, 4) is 0 Å². The lowest BCUT2D eigenvalue weighted by Gasteiger charge is -2.22. The Labute approximate surface area is 101 Å². The van der Waals surface area contributed by atoms with E-state index < -0.39 is 0 Å². The molecule has 0 saturated carbocycles. The molecule has 0 aromatic heterocycles. The molecule has 1 aliphatic heterocycles. The lowest BCUT2D eigenvalue weighted by Crippen LogP contribution is -2.25. The molecule has 2 nitrogen and oxygen atoms in total. The maximum atomic E-state index is 5.69. The van der Waals surface area contributed by atoms with Gasteiger partial charge in [0.05, 0.1) is 6.04 Å². The summed E-state index contributed by atoms with van der Waals surface area (Å²) in [7, 11) is 0. The van der Waals surface area contributed by atoms with Crippen LogP contribution >= 0.6 is 22.6 Å². The number of ether oxygens (including phenoxy) is 1. The molecule has 0 bridgehead atoms. The van der Waals surface area contributed by atoms with E-state index in [1.165, 1.54) is 0 Å². The number of alkyl halides is 1. The first-order valence-electron chi connectivity index (χ1n) is 5.04. The van der Waals surface area contributed by atoms with Gasteiger partial charge in [0, 0.05) is 9.84 Å². The Morgan fingerprint density at radius 3 is 2.29 bits per heavy atom. The number of aliphatic imine (C=N–C) groups is 1. The first-order chi connectivity index (χ1) is 6.27. The Morgan fingerprint density at radius 2 is 1.93 bits per heavy atom. The van der Waals surface area contributed by atoms with Crippen LogP contribution in [0.2, 0.25) is 0 Å². The van der Waals surface area contributed by atoms with Crippen molar-refractivity contribution >= 4 is 28.5 Å². The van der Waals surface area contributed by atoms with Crippen LogP contribution in [0, 0.1) is 10.8 Å². The van der Waals surface area contributed by atoms with Crippen LogP contribution in [0.25, 0.3) is 0 Å². The van der Waals surface area contributed by atoms with Gasteiger partial charge < -0.3 is 4.74 Å². The fourth-order valence-corrected chi connectivity index (χ4v) is 1.57. The van der Waals surface area contributed by atoms with Crippen LogP contribution in [0.15, 0.2) is 4.99 Å². The van der Waals surface area contributed by atoms with E-state index in [9.17, 15) is 0 Å². The summed E-state index contributed by atoms with van der Waals surface area (Å²) in [5.41, 5.74) is 0.295. The van der Waals surface area contributed by atoms with E-state index in [1.54, 1.807) is 0 Å². The molecule has 0 aromatic rings. The fourth-order valence-electron chi connectivity index (χ4n) is 1.24. The molecule has 3 heteroatoms. The van der Waals surface area contributed by atoms with Gasteiger partial charge in [-0.25, -0.2) is 4.99 Å². The molecule has 0 radical (unpaired) electrons. The standard InChI is InChI=1S/C11H20INO/c1-10(2,3)8-6-14-9(13-8)11(4,5)7-12/h8H,6-7H2,1-5H3/t8-/m1/s1. The predicted octanol–water partition coefficient (Wildman–Crippen LogP) is 3.29. The summed E-state index contributed by atoms with van der Waals surface area (Å²) < 4.78 is 6.74. The lowest BCUT2D eigenvalue weighted by molar-refractivity contribution is 0.224. The number of halogens is 1. The zero-order valence-corrected chi connectivity index (χ0v) is 11.9. The highest BCUT2D eigenvalue weighted by atomic mass is 127.